The van der Waals surface area contributed by atoms with Crippen LogP contribution in [0.4, 0.5) is 0 Å². The van der Waals surface area contributed by atoms with Crippen molar-refractivity contribution in [2.75, 3.05) is 41.4 Å². The van der Waals surface area contributed by atoms with Gasteiger partial charge in [-0.05, 0) is 57.6 Å². The maximum Gasteiger partial charge on any atom is 0.242 e. The van der Waals surface area contributed by atoms with Crippen molar-refractivity contribution in [2.45, 2.75) is 136 Å². The molecule has 4 amide bonds. The Morgan fingerprint density at radius 3 is 2.15 bits per heavy atom. The monoisotopic (exact) mass is 758 g/mol. The van der Waals surface area contributed by atoms with Crippen LogP contribution in [0.2, 0.25) is 0 Å². The predicted octanol–water partition coefficient (Wildman–Crippen LogP) is 4.39. The molecule has 0 bridgehead atoms. The molecule has 1 saturated heterocycles. The predicted molar refractivity (Wildman–Crippen MR) is 213 cm³/mol. The first-order valence-corrected chi connectivity index (χ1v) is 19.9. The molecular formula is C42H71N5O7. The summed E-state index contributed by atoms with van der Waals surface area (Å²) in [5.41, 5.74) is 0.168. The van der Waals surface area contributed by atoms with Gasteiger partial charge in [0, 0.05) is 53.1 Å². The molecule has 3 N–H and O–H groups in total. The first-order chi connectivity index (χ1) is 25.5. The van der Waals surface area contributed by atoms with Crippen LogP contribution >= 0.6 is 0 Å². The number of ether oxygens (including phenoxy) is 2. The third-order valence-electron chi connectivity index (χ3n) is 11.6. The van der Waals surface area contributed by atoms with E-state index in [1.807, 2.05) is 71.9 Å². The molecule has 1 fully saturated rings. The van der Waals surface area contributed by atoms with Gasteiger partial charge < -0.3 is 35.2 Å². The number of hydrogen-bond donors (Lipinski definition) is 3. The van der Waals surface area contributed by atoms with E-state index in [1.165, 1.54) is 0 Å². The minimum Gasteiger partial charge on any atom is -0.379 e. The standard InChI is InChI=1S/C42H71N5O7/c1-13-22-44-40(51)32(24-30-19-16-15-17-20-30)45-39(50)29(6)38(54-12)33-21-18-23-47(33)36(49)26-34(53-11)37(28(5)14-2)46(10)41(52)31(27(3)4)25-35(48)42(7,8)43-9/h15-17,19-20,27-29,31-34,37-38,43H,13-14,18,21-26H2,1-12H3,(H,44,51)(H,45,50)/t28-,29+,31-,32-,33-,34+,37-,38+/m0/s1. The summed E-state index contributed by atoms with van der Waals surface area (Å²) in [7, 11) is 6.61. The molecule has 0 radical (unpaired) electrons. The van der Waals surface area contributed by atoms with Gasteiger partial charge in [-0.25, -0.2) is 0 Å². The lowest BCUT2D eigenvalue weighted by molar-refractivity contribution is -0.149. The molecule has 1 aromatic carbocycles. The van der Waals surface area contributed by atoms with E-state index < -0.39 is 41.7 Å². The van der Waals surface area contributed by atoms with Crippen LogP contribution in [0.5, 0.6) is 0 Å². The Kier molecular flexibility index (Phi) is 19.3. The number of carbonyl (C=O) groups excluding carboxylic acids is 5. The maximum atomic E-state index is 14.2. The number of hydrogen-bond acceptors (Lipinski definition) is 8. The van der Waals surface area contributed by atoms with Gasteiger partial charge in [0.25, 0.3) is 0 Å². The number of nitrogens with zero attached hydrogens (tertiary/aromatic N) is 2. The van der Waals surface area contributed by atoms with Crippen LogP contribution in [0, 0.1) is 23.7 Å². The van der Waals surface area contributed by atoms with Crippen LogP contribution in [0.25, 0.3) is 0 Å². The van der Waals surface area contributed by atoms with Crippen molar-refractivity contribution in [3.05, 3.63) is 35.9 Å². The van der Waals surface area contributed by atoms with Gasteiger partial charge in [0.1, 0.15) is 6.04 Å². The van der Waals surface area contributed by atoms with Crippen LogP contribution in [0.1, 0.15) is 99.5 Å². The van der Waals surface area contributed by atoms with Gasteiger partial charge >= 0.3 is 0 Å². The first kappa shape index (κ1) is 46.8. The molecule has 0 saturated carbocycles. The van der Waals surface area contributed by atoms with E-state index in [0.717, 1.165) is 24.8 Å². The molecule has 1 heterocycles. The van der Waals surface area contributed by atoms with Crippen molar-refractivity contribution in [1.29, 1.82) is 0 Å². The third kappa shape index (κ3) is 12.6. The third-order valence-corrected chi connectivity index (χ3v) is 11.6. The minimum atomic E-state index is -0.768. The van der Waals surface area contributed by atoms with Crippen molar-refractivity contribution in [2.24, 2.45) is 23.7 Å². The number of amides is 4. The summed E-state index contributed by atoms with van der Waals surface area (Å²) in [6.45, 7) is 16.4. The molecule has 1 aliphatic heterocycles. The second-order valence-corrected chi connectivity index (χ2v) is 16.0. The Morgan fingerprint density at radius 1 is 0.963 bits per heavy atom. The lowest BCUT2D eigenvalue weighted by Gasteiger charge is -2.41. The molecule has 12 heteroatoms. The fourth-order valence-electron chi connectivity index (χ4n) is 7.50. The lowest BCUT2D eigenvalue weighted by atomic mass is 9.83. The van der Waals surface area contributed by atoms with E-state index >= 15 is 0 Å². The van der Waals surface area contributed by atoms with E-state index in [1.54, 1.807) is 45.0 Å². The SMILES string of the molecule is CCCNC(=O)[C@H](Cc1ccccc1)NC(=O)[C@H](C)[C@@H](OC)[C@@H]1CCCN1C(=O)C[C@@H](OC)[C@H]([C@@H](C)CC)N(C)C(=O)[C@@H](CC(=O)C(C)(C)NC)C(C)C. The van der Waals surface area contributed by atoms with Crippen molar-refractivity contribution in [3.8, 4) is 0 Å². The Morgan fingerprint density at radius 2 is 1.61 bits per heavy atom. The summed E-state index contributed by atoms with van der Waals surface area (Å²) in [4.78, 5) is 72.1. The van der Waals surface area contributed by atoms with E-state index in [9.17, 15) is 24.0 Å². The highest BCUT2D eigenvalue weighted by Crippen LogP contribution is 2.31. The average Bonchev–Trinajstić information content (AvgIpc) is 3.64. The molecule has 2 rings (SSSR count). The normalized spacial score (nSPS) is 18.6. The van der Waals surface area contributed by atoms with Gasteiger partial charge in [-0.3, -0.25) is 24.0 Å². The molecule has 8 atom stereocenters. The zero-order valence-electron chi connectivity index (χ0n) is 35.2. The summed E-state index contributed by atoms with van der Waals surface area (Å²) < 4.78 is 12.0. The smallest absolute Gasteiger partial charge is 0.242 e. The number of methoxy groups -OCH3 is 2. The van der Waals surface area contributed by atoms with Gasteiger partial charge in [-0.15, -0.1) is 0 Å². The number of benzene rings is 1. The van der Waals surface area contributed by atoms with Gasteiger partial charge in [0.05, 0.1) is 42.2 Å². The van der Waals surface area contributed by atoms with Crippen molar-refractivity contribution >= 4 is 29.4 Å². The zero-order valence-corrected chi connectivity index (χ0v) is 35.2. The van der Waals surface area contributed by atoms with Crippen LogP contribution < -0.4 is 16.0 Å². The van der Waals surface area contributed by atoms with Crippen molar-refractivity contribution < 1.29 is 33.4 Å². The quantitative estimate of drug-likeness (QED) is 0.149. The molecule has 1 aromatic rings. The number of rotatable bonds is 23. The summed E-state index contributed by atoms with van der Waals surface area (Å²) in [6, 6.07) is 8.02. The van der Waals surface area contributed by atoms with Gasteiger partial charge in [-0.1, -0.05) is 78.3 Å². The van der Waals surface area contributed by atoms with Crippen molar-refractivity contribution in [1.82, 2.24) is 25.8 Å². The average molecular weight is 758 g/mol. The summed E-state index contributed by atoms with van der Waals surface area (Å²) in [5, 5.41) is 8.94. The van der Waals surface area contributed by atoms with E-state index in [4.69, 9.17) is 9.47 Å². The number of carbonyl (C=O) groups is 5. The first-order valence-electron chi connectivity index (χ1n) is 19.9. The topological polar surface area (TPSA) is 146 Å². The molecule has 1 aliphatic rings. The maximum absolute atomic E-state index is 14.2. The van der Waals surface area contributed by atoms with Gasteiger partial charge in [0.2, 0.25) is 23.6 Å². The number of Topliss-reactive ketones (excluding diaryl/α,β-unsaturated/α-hetero) is 1. The number of nitrogens with one attached hydrogen (secondary N) is 3. The number of likely N-dealkylation sites (N-methyl/N-ethyl adjacent to an activating group) is 2. The number of ketones is 1. The molecule has 12 nitrogen and oxygen atoms in total. The molecular weight excluding hydrogens is 686 g/mol. The van der Waals surface area contributed by atoms with Crippen LogP contribution in [0.3, 0.4) is 0 Å². The van der Waals surface area contributed by atoms with E-state index in [0.29, 0.717) is 25.9 Å². The summed E-state index contributed by atoms with van der Waals surface area (Å²) in [6.07, 6.45) is 2.19. The fourth-order valence-corrected chi connectivity index (χ4v) is 7.50. The second-order valence-electron chi connectivity index (χ2n) is 16.0. The fraction of sp³-hybridized carbons (Fsp3) is 0.738. The van der Waals surface area contributed by atoms with Gasteiger partial charge in [-0.2, -0.15) is 0 Å². The van der Waals surface area contributed by atoms with Crippen LogP contribution in [-0.2, 0) is 39.9 Å². The van der Waals surface area contributed by atoms with Crippen LogP contribution in [0.15, 0.2) is 30.3 Å². The molecule has 54 heavy (non-hydrogen) atoms. The van der Waals surface area contributed by atoms with Crippen LogP contribution in [-0.4, -0.2) is 116 Å². The van der Waals surface area contributed by atoms with Crippen molar-refractivity contribution in [3.63, 3.8) is 0 Å². The zero-order chi connectivity index (χ0) is 40.7. The second kappa shape index (κ2) is 22.3. The van der Waals surface area contributed by atoms with Gasteiger partial charge in [0.15, 0.2) is 5.78 Å². The Hall–Kier alpha value is -3.35. The lowest BCUT2D eigenvalue weighted by Crippen LogP contribution is -2.55. The summed E-state index contributed by atoms with van der Waals surface area (Å²) in [5.74, 6) is -2.16. The number of likely N-dealkylation sites (tertiary alicyclic amines) is 1. The Balaban J connectivity index is 2.29. The molecule has 0 aromatic heterocycles. The highest BCUT2D eigenvalue weighted by molar-refractivity contribution is 5.92. The minimum absolute atomic E-state index is 0.00265. The van der Waals surface area contributed by atoms with E-state index in [-0.39, 0.29) is 60.1 Å². The summed E-state index contributed by atoms with van der Waals surface area (Å²) >= 11 is 0. The highest BCUT2D eigenvalue weighted by Gasteiger charge is 2.43. The Bertz CT molecular complexity index is 1360. The largest absolute Gasteiger partial charge is 0.379 e. The molecule has 0 unspecified atom stereocenters. The highest BCUT2D eigenvalue weighted by atomic mass is 16.5. The van der Waals surface area contributed by atoms with E-state index in [2.05, 4.69) is 22.9 Å². The molecule has 0 aliphatic carbocycles. The Labute approximate surface area is 325 Å². The molecule has 306 valence electrons. The molecule has 0 spiro atoms.